The first-order chi connectivity index (χ1) is 9.65. The number of pyridine rings is 1. The molecule has 5 heteroatoms. The van der Waals surface area contributed by atoms with E-state index in [1.54, 1.807) is 12.4 Å². The number of primary amides is 1. The van der Waals surface area contributed by atoms with Gasteiger partial charge in [0.25, 0.3) is 0 Å². The molecule has 5 nitrogen and oxygen atoms in total. The summed E-state index contributed by atoms with van der Waals surface area (Å²) in [6.45, 7) is 2.94. The van der Waals surface area contributed by atoms with Crippen LogP contribution in [0.3, 0.4) is 0 Å². The predicted molar refractivity (Wildman–Crippen MR) is 78.8 cm³/mol. The zero-order valence-electron chi connectivity index (χ0n) is 12.0. The monoisotopic (exact) mass is 276 g/mol. The Morgan fingerprint density at radius 1 is 1.45 bits per heavy atom. The van der Waals surface area contributed by atoms with Gasteiger partial charge in [0.2, 0.25) is 5.91 Å². The molecule has 1 aromatic rings. The van der Waals surface area contributed by atoms with E-state index in [2.05, 4.69) is 16.8 Å². The normalized spacial score (nSPS) is 23.2. The summed E-state index contributed by atoms with van der Waals surface area (Å²) in [6.07, 6.45) is 7.36. The van der Waals surface area contributed by atoms with E-state index < -0.39 is 0 Å². The van der Waals surface area contributed by atoms with Crippen molar-refractivity contribution in [1.82, 2.24) is 9.88 Å². The van der Waals surface area contributed by atoms with E-state index >= 15 is 0 Å². The molecule has 110 valence electrons. The molecule has 0 saturated carbocycles. The fourth-order valence-electron chi connectivity index (χ4n) is 3.06. The Labute approximate surface area is 120 Å². The smallest absolute Gasteiger partial charge is 0.234 e. The summed E-state index contributed by atoms with van der Waals surface area (Å²) in [7, 11) is 0. The second-order valence-electron chi connectivity index (χ2n) is 5.45. The van der Waals surface area contributed by atoms with Crippen LogP contribution in [-0.4, -0.2) is 34.4 Å². The summed E-state index contributed by atoms with van der Waals surface area (Å²) in [5.41, 5.74) is 13.0. The van der Waals surface area contributed by atoms with Crippen molar-refractivity contribution in [2.45, 2.75) is 50.7 Å². The van der Waals surface area contributed by atoms with Crippen molar-refractivity contribution in [3.05, 3.63) is 30.1 Å². The molecule has 1 aliphatic rings. The van der Waals surface area contributed by atoms with Crippen LogP contribution in [0.4, 0.5) is 0 Å². The van der Waals surface area contributed by atoms with E-state index in [4.69, 9.17) is 11.5 Å². The first kappa shape index (κ1) is 14.9. The van der Waals surface area contributed by atoms with Crippen LogP contribution < -0.4 is 11.5 Å². The molecule has 2 rings (SSSR count). The highest BCUT2D eigenvalue weighted by Gasteiger charge is 2.35. The molecule has 0 aliphatic carbocycles. The van der Waals surface area contributed by atoms with Gasteiger partial charge in [0, 0.05) is 18.4 Å². The average molecular weight is 276 g/mol. The van der Waals surface area contributed by atoms with E-state index in [0.29, 0.717) is 0 Å². The minimum atomic E-state index is -0.243. The van der Waals surface area contributed by atoms with Crippen LogP contribution in [0.2, 0.25) is 0 Å². The van der Waals surface area contributed by atoms with Gasteiger partial charge in [-0.3, -0.25) is 14.7 Å². The number of amides is 1. The summed E-state index contributed by atoms with van der Waals surface area (Å²) in [4.78, 5) is 18.0. The molecule has 0 radical (unpaired) electrons. The van der Waals surface area contributed by atoms with Gasteiger partial charge in [0.05, 0.1) is 12.1 Å². The van der Waals surface area contributed by atoms with Crippen LogP contribution >= 0.6 is 0 Å². The summed E-state index contributed by atoms with van der Waals surface area (Å²) in [5.74, 6) is -0.243. The summed E-state index contributed by atoms with van der Waals surface area (Å²) >= 11 is 0. The lowest BCUT2D eigenvalue weighted by Crippen LogP contribution is -2.53. The lowest BCUT2D eigenvalue weighted by Gasteiger charge is -2.42. The maximum Gasteiger partial charge on any atom is 0.234 e. The Balaban J connectivity index is 2.32. The lowest BCUT2D eigenvalue weighted by atomic mass is 9.91. The van der Waals surface area contributed by atoms with Crippen molar-refractivity contribution < 1.29 is 4.79 Å². The second-order valence-corrected chi connectivity index (χ2v) is 5.45. The molecule has 2 heterocycles. The molecule has 1 aromatic heterocycles. The van der Waals surface area contributed by atoms with Crippen molar-refractivity contribution in [2.75, 3.05) is 6.54 Å². The maximum absolute atomic E-state index is 11.7. The molecule has 20 heavy (non-hydrogen) atoms. The van der Waals surface area contributed by atoms with Crippen molar-refractivity contribution in [3.63, 3.8) is 0 Å². The highest BCUT2D eigenvalue weighted by Crippen LogP contribution is 2.31. The van der Waals surface area contributed by atoms with Crippen LogP contribution in [0.15, 0.2) is 24.5 Å². The van der Waals surface area contributed by atoms with Crippen LogP contribution in [0.1, 0.15) is 44.2 Å². The molecule has 1 amide bonds. The number of carbonyl (C=O) groups is 1. The van der Waals surface area contributed by atoms with E-state index in [-0.39, 0.29) is 24.0 Å². The summed E-state index contributed by atoms with van der Waals surface area (Å²) in [5, 5.41) is 0. The Kier molecular flexibility index (Phi) is 5.09. The van der Waals surface area contributed by atoms with Gasteiger partial charge < -0.3 is 11.5 Å². The number of rotatable bonds is 5. The van der Waals surface area contributed by atoms with Crippen LogP contribution in [0.25, 0.3) is 0 Å². The molecular formula is C15H24N4O. The zero-order valence-corrected chi connectivity index (χ0v) is 12.0. The van der Waals surface area contributed by atoms with Crippen LogP contribution in [-0.2, 0) is 4.79 Å². The molecule has 1 saturated heterocycles. The fourth-order valence-corrected chi connectivity index (χ4v) is 3.06. The van der Waals surface area contributed by atoms with Gasteiger partial charge in [-0.25, -0.2) is 0 Å². The standard InChI is InChI=1S/C15H24N4O/c1-2-12(16)14(11-6-8-18-9-7-11)19-10-4-3-5-13(19)15(17)20/h6-9,12-14H,2-5,10,16H2,1H3,(H2,17,20). The van der Waals surface area contributed by atoms with Gasteiger partial charge in [-0.2, -0.15) is 0 Å². The molecule has 0 bridgehead atoms. The first-order valence-electron chi connectivity index (χ1n) is 7.35. The minimum absolute atomic E-state index is 0.0163. The Bertz CT molecular complexity index is 437. The predicted octanol–water partition coefficient (Wildman–Crippen LogP) is 1.20. The quantitative estimate of drug-likeness (QED) is 0.846. The number of hydrogen-bond acceptors (Lipinski definition) is 4. The van der Waals surface area contributed by atoms with Crippen LogP contribution in [0, 0.1) is 0 Å². The van der Waals surface area contributed by atoms with Gasteiger partial charge in [-0.15, -0.1) is 0 Å². The van der Waals surface area contributed by atoms with E-state index in [9.17, 15) is 4.79 Å². The molecule has 3 atom stereocenters. The van der Waals surface area contributed by atoms with Crippen molar-refractivity contribution in [3.8, 4) is 0 Å². The molecule has 1 fully saturated rings. The van der Waals surface area contributed by atoms with E-state index in [0.717, 1.165) is 37.8 Å². The minimum Gasteiger partial charge on any atom is -0.368 e. The first-order valence-corrected chi connectivity index (χ1v) is 7.35. The second kappa shape index (κ2) is 6.81. The third kappa shape index (κ3) is 3.16. The van der Waals surface area contributed by atoms with Crippen molar-refractivity contribution >= 4 is 5.91 Å². The van der Waals surface area contributed by atoms with Gasteiger partial charge in [-0.1, -0.05) is 13.3 Å². The number of nitrogens with two attached hydrogens (primary N) is 2. The highest BCUT2D eigenvalue weighted by molar-refractivity contribution is 5.80. The summed E-state index contributed by atoms with van der Waals surface area (Å²) < 4.78 is 0. The fraction of sp³-hybridized carbons (Fsp3) is 0.600. The topological polar surface area (TPSA) is 85.2 Å². The van der Waals surface area contributed by atoms with Gasteiger partial charge in [-0.05, 0) is 43.5 Å². The number of hydrogen-bond donors (Lipinski definition) is 2. The molecule has 0 spiro atoms. The van der Waals surface area contributed by atoms with E-state index in [1.807, 2.05) is 12.1 Å². The SMILES string of the molecule is CCC(N)C(c1ccncc1)N1CCCCC1C(N)=O. The molecule has 0 aromatic carbocycles. The Morgan fingerprint density at radius 3 is 2.75 bits per heavy atom. The zero-order chi connectivity index (χ0) is 14.5. The number of nitrogens with zero attached hydrogens (tertiary/aromatic N) is 2. The van der Waals surface area contributed by atoms with Gasteiger partial charge in [0.15, 0.2) is 0 Å². The third-order valence-corrected chi connectivity index (χ3v) is 4.15. The van der Waals surface area contributed by atoms with Crippen LogP contribution in [0.5, 0.6) is 0 Å². The number of aromatic nitrogens is 1. The molecule has 4 N–H and O–H groups in total. The molecule has 3 unspecified atom stereocenters. The average Bonchev–Trinajstić information content (AvgIpc) is 2.48. The Morgan fingerprint density at radius 2 is 2.15 bits per heavy atom. The highest BCUT2D eigenvalue weighted by atomic mass is 16.1. The molecular weight excluding hydrogens is 252 g/mol. The Hall–Kier alpha value is -1.46. The van der Waals surface area contributed by atoms with Crippen molar-refractivity contribution in [2.24, 2.45) is 11.5 Å². The largest absolute Gasteiger partial charge is 0.368 e. The number of piperidine rings is 1. The van der Waals surface area contributed by atoms with E-state index in [1.165, 1.54) is 0 Å². The summed E-state index contributed by atoms with van der Waals surface area (Å²) in [6, 6.07) is 3.76. The maximum atomic E-state index is 11.7. The number of carbonyl (C=O) groups excluding carboxylic acids is 1. The van der Waals surface area contributed by atoms with Crippen molar-refractivity contribution in [1.29, 1.82) is 0 Å². The van der Waals surface area contributed by atoms with Gasteiger partial charge in [0.1, 0.15) is 0 Å². The number of likely N-dealkylation sites (tertiary alicyclic amines) is 1. The van der Waals surface area contributed by atoms with Gasteiger partial charge >= 0.3 is 0 Å². The lowest BCUT2D eigenvalue weighted by molar-refractivity contribution is -0.125. The molecule has 1 aliphatic heterocycles. The third-order valence-electron chi connectivity index (χ3n) is 4.15.